The number of nitrogens with zero attached hydrogens (tertiary/aromatic N) is 1. The van der Waals surface area contributed by atoms with Crippen LogP contribution in [0.3, 0.4) is 0 Å². The molecule has 0 heterocycles. The van der Waals surface area contributed by atoms with Crippen molar-refractivity contribution in [3.8, 4) is 0 Å². The number of para-hydroxylation sites is 1. The summed E-state index contributed by atoms with van der Waals surface area (Å²) in [5.41, 5.74) is 2.14. The fourth-order valence-electron chi connectivity index (χ4n) is 3.24. The van der Waals surface area contributed by atoms with E-state index in [-0.39, 0.29) is 5.91 Å². The van der Waals surface area contributed by atoms with Gasteiger partial charge in [0.15, 0.2) is 0 Å². The van der Waals surface area contributed by atoms with Crippen molar-refractivity contribution in [1.82, 2.24) is 0 Å². The second kappa shape index (κ2) is 10.0. The number of benzene rings is 3. The number of anilines is 2. The van der Waals surface area contributed by atoms with E-state index in [1.165, 1.54) is 4.31 Å². The van der Waals surface area contributed by atoms with E-state index in [0.29, 0.717) is 17.8 Å². The van der Waals surface area contributed by atoms with Gasteiger partial charge in [0.2, 0.25) is 15.9 Å². The number of amides is 1. The zero-order valence-corrected chi connectivity index (χ0v) is 19.4. The van der Waals surface area contributed by atoms with E-state index in [4.69, 9.17) is 0 Å². The van der Waals surface area contributed by atoms with Crippen LogP contribution in [-0.2, 0) is 14.8 Å². The molecule has 5 nitrogen and oxygen atoms in total. The van der Waals surface area contributed by atoms with Gasteiger partial charge in [-0.25, -0.2) is 8.42 Å². The first kappa shape index (κ1) is 22.9. The van der Waals surface area contributed by atoms with E-state index in [2.05, 4.69) is 5.32 Å². The first-order valence-corrected chi connectivity index (χ1v) is 12.6. The number of hydrogen-bond donors (Lipinski definition) is 1. The molecule has 0 aliphatic heterocycles. The van der Waals surface area contributed by atoms with E-state index in [9.17, 15) is 13.2 Å². The maximum absolute atomic E-state index is 13.3. The minimum Gasteiger partial charge on any atom is -0.323 e. The van der Waals surface area contributed by atoms with Crippen molar-refractivity contribution in [3.05, 3.63) is 84.4 Å². The molecular formula is C24H26N2O3S2. The van der Waals surface area contributed by atoms with E-state index in [0.717, 1.165) is 21.6 Å². The van der Waals surface area contributed by atoms with Crippen LogP contribution in [0.15, 0.2) is 88.7 Å². The molecule has 0 saturated carbocycles. The van der Waals surface area contributed by atoms with Crippen LogP contribution in [0.5, 0.6) is 0 Å². The first-order valence-electron chi connectivity index (χ1n) is 9.98. The molecular weight excluding hydrogens is 428 g/mol. The molecule has 3 aromatic rings. The molecule has 0 aliphatic rings. The van der Waals surface area contributed by atoms with Crippen LogP contribution in [0.25, 0.3) is 0 Å². The maximum Gasteiger partial charge on any atom is 0.248 e. The second-order valence-corrected chi connectivity index (χ2v) is 10.2. The summed E-state index contributed by atoms with van der Waals surface area (Å²) in [5, 5.41) is 2.95. The van der Waals surface area contributed by atoms with Crippen LogP contribution in [0, 0.1) is 6.92 Å². The number of carbonyl (C=O) groups is 1. The smallest absolute Gasteiger partial charge is 0.248 e. The van der Waals surface area contributed by atoms with Crippen molar-refractivity contribution in [3.63, 3.8) is 0 Å². The largest absolute Gasteiger partial charge is 0.323 e. The maximum atomic E-state index is 13.3. The summed E-state index contributed by atoms with van der Waals surface area (Å²) < 4.78 is 26.5. The van der Waals surface area contributed by atoms with Crippen molar-refractivity contribution < 1.29 is 13.2 Å². The average Bonchev–Trinajstić information content (AvgIpc) is 2.74. The Labute approximate surface area is 188 Å². The van der Waals surface area contributed by atoms with E-state index in [1.807, 2.05) is 73.7 Å². The van der Waals surface area contributed by atoms with E-state index >= 15 is 0 Å². The highest BCUT2D eigenvalue weighted by Gasteiger charge is 2.31. The standard InChI is InChI=1S/C24H26N2O3S2/c1-4-22(26(31(3,28)29)19-16-14-18(2)15-17-19)24(27)25-21-12-8-9-13-23(21)30-20-10-6-5-7-11-20/h5-17,22H,4H2,1-3H3,(H,25,27). The summed E-state index contributed by atoms with van der Waals surface area (Å²) in [4.78, 5) is 15.2. The molecule has 1 atom stereocenters. The van der Waals surface area contributed by atoms with Gasteiger partial charge in [0.05, 0.1) is 17.6 Å². The first-order chi connectivity index (χ1) is 14.8. The van der Waals surface area contributed by atoms with Crippen LogP contribution in [0.2, 0.25) is 0 Å². The molecule has 0 bridgehead atoms. The zero-order chi connectivity index (χ0) is 22.4. The Hall–Kier alpha value is -2.77. The van der Waals surface area contributed by atoms with Crippen LogP contribution >= 0.6 is 11.8 Å². The summed E-state index contributed by atoms with van der Waals surface area (Å²) in [5.74, 6) is -0.366. The van der Waals surface area contributed by atoms with Gasteiger partial charge >= 0.3 is 0 Å². The fourth-order valence-corrected chi connectivity index (χ4v) is 5.38. The summed E-state index contributed by atoms with van der Waals surface area (Å²) in [6.45, 7) is 3.74. The van der Waals surface area contributed by atoms with Crippen molar-refractivity contribution in [2.75, 3.05) is 15.9 Å². The van der Waals surface area contributed by atoms with Gasteiger partial charge in [0.25, 0.3) is 0 Å². The highest BCUT2D eigenvalue weighted by molar-refractivity contribution is 7.99. The Morgan fingerprint density at radius 1 is 0.968 bits per heavy atom. The molecule has 0 radical (unpaired) electrons. The number of carbonyl (C=O) groups excluding carboxylic acids is 1. The second-order valence-electron chi connectivity index (χ2n) is 7.22. The summed E-state index contributed by atoms with van der Waals surface area (Å²) in [6.07, 6.45) is 1.46. The molecule has 1 amide bonds. The van der Waals surface area contributed by atoms with Crippen LogP contribution in [0.4, 0.5) is 11.4 Å². The number of hydrogen-bond acceptors (Lipinski definition) is 4. The quantitative estimate of drug-likeness (QED) is 0.500. The third-order valence-electron chi connectivity index (χ3n) is 4.73. The molecule has 0 saturated heterocycles. The monoisotopic (exact) mass is 454 g/mol. The minimum absolute atomic E-state index is 0.334. The Bertz CT molecular complexity index is 1130. The molecule has 7 heteroatoms. The lowest BCUT2D eigenvalue weighted by atomic mass is 10.1. The molecule has 1 N–H and O–H groups in total. The lowest BCUT2D eigenvalue weighted by molar-refractivity contribution is -0.117. The average molecular weight is 455 g/mol. The Kier molecular flexibility index (Phi) is 7.41. The minimum atomic E-state index is -3.67. The molecule has 3 rings (SSSR count). The highest BCUT2D eigenvalue weighted by atomic mass is 32.2. The van der Waals surface area contributed by atoms with Crippen LogP contribution in [-0.4, -0.2) is 26.6 Å². The van der Waals surface area contributed by atoms with Crippen molar-refractivity contribution in [2.45, 2.75) is 36.1 Å². The molecule has 0 fully saturated rings. The van der Waals surface area contributed by atoms with Gasteiger partial charge in [-0.2, -0.15) is 0 Å². The number of sulfonamides is 1. The Balaban J connectivity index is 1.89. The fraction of sp³-hybridized carbons (Fsp3) is 0.208. The van der Waals surface area contributed by atoms with Gasteiger partial charge in [-0.1, -0.05) is 66.7 Å². The van der Waals surface area contributed by atoms with E-state index < -0.39 is 16.1 Å². The lowest BCUT2D eigenvalue weighted by Crippen LogP contribution is -2.47. The van der Waals surface area contributed by atoms with Crippen molar-refractivity contribution >= 4 is 39.1 Å². The Morgan fingerprint density at radius 3 is 2.19 bits per heavy atom. The van der Waals surface area contributed by atoms with Gasteiger partial charge in [-0.05, 0) is 49.7 Å². The normalized spacial score (nSPS) is 12.2. The van der Waals surface area contributed by atoms with Gasteiger partial charge < -0.3 is 5.32 Å². The van der Waals surface area contributed by atoms with Crippen molar-refractivity contribution in [1.29, 1.82) is 0 Å². The zero-order valence-electron chi connectivity index (χ0n) is 17.8. The number of rotatable bonds is 8. The van der Waals surface area contributed by atoms with E-state index in [1.54, 1.807) is 30.8 Å². The van der Waals surface area contributed by atoms with Crippen LogP contribution < -0.4 is 9.62 Å². The lowest BCUT2D eigenvalue weighted by Gasteiger charge is -2.30. The summed E-state index contributed by atoms with van der Waals surface area (Å²) in [6, 6.07) is 23.7. The summed E-state index contributed by atoms with van der Waals surface area (Å²) in [7, 11) is -3.67. The molecule has 162 valence electrons. The third-order valence-corrected chi connectivity index (χ3v) is 7.00. The van der Waals surface area contributed by atoms with Crippen LogP contribution in [0.1, 0.15) is 18.9 Å². The molecule has 0 aromatic heterocycles. The van der Waals surface area contributed by atoms with Gasteiger partial charge in [0, 0.05) is 9.79 Å². The molecule has 31 heavy (non-hydrogen) atoms. The molecule has 3 aromatic carbocycles. The summed E-state index contributed by atoms with van der Waals surface area (Å²) >= 11 is 1.54. The molecule has 0 spiro atoms. The third kappa shape index (κ3) is 5.89. The predicted molar refractivity (Wildman–Crippen MR) is 128 cm³/mol. The topological polar surface area (TPSA) is 66.5 Å². The number of nitrogens with one attached hydrogen (secondary N) is 1. The van der Waals surface area contributed by atoms with Crippen molar-refractivity contribution in [2.24, 2.45) is 0 Å². The van der Waals surface area contributed by atoms with Gasteiger partial charge in [-0.15, -0.1) is 0 Å². The predicted octanol–water partition coefficient (Wildman–Crippen LogP) is 5.33. The highest BCUT2D eigenvalue weighted by Crippen LogP contribution is 2.33. The Morgan fingerprint density at radius 2 is 1.58 bits per heavy atom. The van der Waals surface area contributed by atoms with Gasteiger partial charge in [-0.3, -0.25) is 9.10 Å². The van der Waals surface area contributed by atoms with Gasteiger partial charge in [0.1, 0.15) is 6.04 Å². The molecule has 1 unspecified atom stereocenters. The molecule has 0 aliphatic carbocycles. The number of aryl methyl sites for hydroxylation is 1. The SMILES string of the molecule is CCC(C(=O)Nc1ccccc1Sc1ccccc1)N(c1ccc(C)cc1)S(C)(=O)=O.